The Morgan fingerprint density at radius 3 is 2.26 bits per heavy atom. The molecule has 7 nitrogen and oxygen atoms in total. The van der Waals surface area contributed by atoms with E-state index in [1.54, 1.807) is 25.8 Å². The largest absolute Gasteiger partial charge is 0.463 e. The van der Waals surface area contributed by atoms with Crippen molar-refractivity contribution in [2.24, 2.45) is 11.3 Å². The van der Waals surface area contributed by atoms with Crippen LogP contribution in [-0.2, 0) is 19.1 Å². The van der Waals surface area contributed by atoms with Crippen LogP contribution in [0.3, 0.4) is 0 Å². The SMILES string of the molecule is CCOC(=O)C(C)=C[C@H]([C@@H](C)CC)N(C)C(=O)[C@@H](NC(=O)C1CCCCN1C(C)CC)C(C)(C)C. The Morgan fingerprint density at radius 1 is 1.11 bits per heavy atom. The first kappa shape index (κ1) is 31.1. The normalized spacial score (nSPS) is 21.0. The maximum absolute atomic E-state index is 13.9. The number of carbonyl (C=O) groups is 3. The minimum atomic E-state index is -0.677. The van der Waals surface area contributed by atoms with Crippen LogP contribution in [0.1, 0.15) is 94.4 Å². The first-order valence-electron chi connectivity index (χ1n) is 13.5. The summed E-state index contributed by atoms with van der Waals surface area (Å²) in [5.41, 5.74) is 0.0103. The molecule has 1 aliphatic rings. The van der Waals surface area contributed by atoms with Gasteiger partial charge in [-0.1, -0.05) is 60.5 Å². The highest BCUT2D eigenvalue weighted by molar-refractivity contribution is 5.91. The van der Waals surface area contributed by atoms with Crippen molar-refractivity contribution >= 4 is 17.8 Å². The summed E-state index contributed by atoms with van der Waals surface area (Å²) >= 11 is 0. The van der Waals surface area contributed by atoms with Gasteiger partial charge in [0.2, 0.25) is 11.8 Å². The molecule has 35 heavy (non-hydrogen) atoms. The molecule has 1 aliphatic heterocycles. The topological polar surface area (TPSA) is 79.0 Å². The Hall–Kier alpha value is -1.89. The number of amides is 2. The maximum Gasteiger partial charge on any atom is 0.333 e. The molecule has 2 amide bonds. The smallest absolute Gasteiger partial charge is 0.333 e. The minimum absolute atomic E-state index is 0.0648. The minimum Gasteiger partial charge on any atom is -0.463 e. The van der Waals surface area contributed by atoms with Gasteiger partial charge in [-0.2, -0.15) is 0 Å². The number of hydrogen-bond acceptors (Lipinski definition) is 5. The van der Waals surface area contributed by atoms with Gasteiger partial charge in [-0.05, 0) is 57.9 Å². The summed E-state index contributed by atoms with van der Waals surface area (Å²) in [5, 5.41) is 3.14. The number of likely N-dealkylation sites (N-methyl/N-ethyl adjacent to an activating group) is 1. The molecule has 0 aromatic heterocycles. The summed E-state index contributed by atoms with van der Waals surface area (Å²) in [4.78, 5) is 43.6. The molecule has 1 heterocycles. The number of piperidine rings is 1. The number of nitrogens with one attached hydrogen (secondary N) is 1. The Bertz CT molecular complexity index is 743. The quantitative estimate of drug-likeness (QED) is 0.337. The molecule has 0 radical (unpaired) electrons. The van der Waals surface area contributed by atoms with E-state index in [0.717, 1.165) is 38.6 Å². The fraction of sp³-hybridized carbons (Fsp3) is 0.821. The van der Waals surface area contributed by atoms with Gasteiger partial charge < -0.3 is 15.0 Å². The van der Waals surface area contributed by atoms with Gasteiger partial charge in [0, 0.05) is 18.7 Å². The van der Waals surface area contributed by atoms with Crippen molar-refractivity contribution in [3.05, 3.63) is 11.6 Å². The van der Waals surface area contributed by atoms with Gasteiger partial charge in [-0.15, -0.1) is 0 Å². The first-order chi connectivity index (χ1) is 16.3. The highest BCUT2D eigenvalue weighted by Gasteiger charge is 2.40. The zero-order valence-electron chi connectivity index (χ0n) is 23.9. The van der Waals surface area contributed by atoms with E-state index in [9.17, 15) is 14.4 Å². The summed E-state index contributed by atoms with van der Waals surface area (Å²) < 4.78 is 5.15. The predicted octanol–water partition coefficient (Wildman–Crippen LogP) is 4.55. The maximum atomic E-state index is 13.9. The van der Waals surface area contributed by atoms with E-state index in [1.807, 2.05) is 26.8 Å². The van der Waals surface area contributed by atoms with Crippen molar-refractivity contribution in [3.63, 3.8) is 0 Å². The van der Waals surface area contributed by atoms with Crippen LogP contribution in [0.2, 0.25) is 0 Å². The third-order valence-electron chi connectivity index (χ3n) is 7.44. The lowest BCUT2D eigenvalue weighted by molar-refractivity contribution is -0.142. The van der Waals surface area contributed by atoms with E-state index in [4.69, 9.17) is 4.74 Å². The summed E-state index contributed by atoms with van der Waals surface area (Å²) in [5.74, 6) is -0.450. The zero-order chi connectivity index (χ0) is 26.9. The van der Waals surface area contributed by atoms with Gasteiger partial charge in [0.15, 0.2) is 0 Å². The lowest BCUT2D eigenvalue weighted by Gasteiger charge is -2.41. The molecule has 0 bridgehead atoms. The molecule has 0 aliphatic carbocycles. The molecule has 1 rings (SSSR count). The van der Waals surface area contributed by atoms with E-state index < -0.39 is 11.5 Å². The van der Waals surface area contributed by atoms with Gasteiger partial charge in [0.1, 0.15) is 6.04 Å². The number of rotatable bonds is 11. The van der Waals surface area contributed by atoms with E-state index in [2.05, 4.69) is 37.9 Å². The molecule has 2 unspecified atom stereocenters. The monoisotopic (exact) mass is 493 g/mol. The molecule has 1 saturated heterocycles. The molecular formula is C28H51N3O4. The highest BCUT2D eigenvalue weighted by Crippen LogP contribution is 2.26. The Kier molecular flexibility index (Phi) is 12.5. The molecule has 1 fully saturated rings. The van der Waals surface area contributed by atoms with Crippen LogP contribution in [0, 0.1) is 11.3 Å². The van der Waals surface area contributed by atoms with Crippen molar-refractivity contribution in [2.45, 2.75) is 119 Å². The van der Waals surface area contributed by atoms with Crippen LogP contribution in [0.4, 0.5) is 0 Å². The third kappa shape index (κ3) is 8.62. The van der Waals surface area contributed by atoms with Crippen molar-refractivity contribution in [3.8, 4) is 0 Å². The zero-order valence-corrected chi connectivity index (χ0v) is 23.9. The van der Waals surface area contributed by atoms with Crippen molar-refractivity contribution in [2.75, 3.05) is 20.2 Å². The standard InChI is InChI=1S/C28H51N3O4/c1-11-19(4)23(18-20(5)27(34)35-13-3)30(10)26(33)24(28(7,8)9)29-25(32)22-16-14-15-17-31(22)21(6)12-2/h18-19,21-24H,11-17H2,1-10H3,(H,29,32)/t19-,21?,22?,23+,24+/m0/s1. The molecule has 202 valence electrons. The molecule has 0 aromatic carbocycles. The van der Waals surface area contributed by atoms with Gasteiger partial charge in [0.05, 0.1) is 18.7 Å². The Morgan fingerprint density at radius 2 is 1.74 bits per heavy atom. The first-order valence-corrected chi connectivity index (χ1v) is 13.5. The van der Waals surface area contributed by atoms with Crippen LogP contribution in [0.5, 0.6) is 0 Å². The fourth-order valence-electron chi connectivity index (χ4n) is 4.70. The average molecular weight is 494 g/mol. The van der Waals surface area contributed by atoms with Crippen molar-refractivity contribution < 1.29 is 19.1 Å². The number of ether oxygens (including phenoxy) is 1. The lowest BCUT2D eigenvalue weighted by Crippen LogP contribution is -2.60. The third-order valence-corrected chi connectivity index (χ3v) is 7.44. The number of nitrogens with zero attached hydrogens (tertiary/aromatic N) is 2. The molecule has 0 aromatic rings. The van der Waals surface area contributed by atoms with E-state index in [-0.39, 0.29) is 35.8 Å². The molecule has 5 atom stereocenters. The summed E-state index contributed by atoms with van der Waals surface area (Å²) in [7, 11) is 1.77. The molecule has 0 saturated carbocycles. The van der Waals surface area contributed by atoms with Crippen molar-refractivity contribution in [1.82, 2.24) is 15.1 Å². The lowest BCUT2D eigenvalue weighted by atomic mass is 9.84. The van der Waals surface area contributed by atoms with Crippen LogP contribution in [-0.4, -0.2) is 72.0 Å². The van der Waals surface area contributed by atoms with E-state index in [1.165, 1.54) is 0 Å². The predicted molar refractivity (Wildman–Crippen MR) is 142 cm³/mol. The van der Waals surface area contributed by atoms with Crippen LogP contribution >= 0.6 is 0 Å². The second-order valence-electron chi connectivity index (χ2n) is 11.2. The Labute approximate surface area is 214 Å². The fourth-order valence-corrected chi connectivity index (χ4v) is 4.70. The summed E-state index contributed by atoms with van der Waals surface area (Å²) in [6.07, 6.45) is 6.59. The van der Waals surface area contributed by atoms with Crippen LogP contribution in [0.15, 0.2) is 11.6 Å². The second-order valence-corrected chi connectivity index (χ2v) is 11.2. The number of hydrogen-bond donors (Lipinski definition) is 1. The number of esters is 1. The molecule has 7 heteroatoms. The van der Waals surface area contributed by atoms with Gasteiger partial charge in [0.25, 0.3) is 0 Å². The number of carbonyl (C=O) groups excluding carboxylic acids is 3. The number of likely N-dealkylation sites (tertiary alicyclic amines) is 1. The van der Waals surface area contributed by atoms with Crippen LogP contribution in [0.25, 0.3) is 0 Å². The van der Waals surface area contributed by atoms with E-state index in [0.29, 0.717) is 18.2 Å². The second kappa shape index (κ2) is 14.0. The molecule has 1 N–H and O–H groups in total. The van der Waals surface area contributed by atoms with Gasteiger partial charge >= 0.3 is 5.97 Å². The van der Waals surface area contributed by atoms with Gasteiger partial charge in [-0.25, -0.2) is 4.79 Å². The summed E-state index contributed by atoms with van der Waals surface area (Å²) in [6, 6.07) is -0.852. The Balaban J connectivity index is 3.22. The van der Waals surface area contributed by atoms with Crippen molar-refractivity contribution in [1.29, 1.82) is 0 Å². The highest BCUT2D eigenvalue weighted by atomic mass is 16.5. The molecular weight excluding hydrogens is 442 g/mol. The summed E-state index contributed by atoms with van der Waals surface area (Å²) in [6.45, 7) is 19.1. The van der Waals surface area contributed by atoms with E-state index >= 15 is 0 Å². The molecule has 0 spiro atoms. The average Bonchev–Trinajstić information content (AvgIpc) is 2.82. The van der Waals surface area contributed by atoms with Crippen LogP contribution < -0.4 is 5.32 Å². The van der Waals surface area contributed by atoms with Gasteiger partial charge in [-0.3, -0.25) is 14.5 Å².